The highest BCUT2D eigenvalue weighted by Crippen LogP contribution is 2.28. The summed E-state index contributed by atoms with van der Waals surface area (Å²) < 4.78 is 0. The van der Waals surface area contributed by atoms with Gasteiger partial charge in [0.2, 0.25) is 0 Å². The van der Waals surface area contributed by atoms with E-state index in [0.29, 0.717) is 5.92 Å². The number of benzene rings is 1. The van der Waals surface area contributed by atoms with Crippen molar-refractivity contribution >= 4 is 11.6 Å². The Morgan fingerprint density at radius 1 is 1.00 bits per heavy atom. The topological polar surface area (TPSA) is 0 Å². The van der Waals surface area contributed by atoms with Crippen LogP contribution in [0.25, 0.3) is 11.6 Å². The summed E-state index contributed by atoms with van der Waals surface area (Å²) in [6, 6.07) is 4.60. The fourth-order valence-corrected chi connectivity index (χ4v) is 3.15. The summed E-state index contributed by atoms with van der Waals surface area (Å²) in [5.74, 6) is 0.498. The van der Waals surface area contributed by atoms with Crippen LogP contribution in [0.5, 0.6) is 0 Å². The fraction of sp³-hybridized carbons (Fsp3) is 0.176. The Bertz CT molecular complexity index is 696. The molecule has 0 fully saturated rings. The van der Waals surface area contributed by atoms with Gasteiger partial charge in [0.1, 0.15) is 0 Å². The maximum absolute atomic E-state index is 2.34. The van der Waals surface area contributed by atoms with Crippen molar-refractivity contribution in [1.29, 1.82) is 0 Å². The Balaban J connectivity index is 2.24. The molecule has 0 radical (unpaired) electrons. The molecule has 0 amide bonds. The molecule has 0 aliphatic heterocycles. The maximum atomic E-state index is 2.34. The summed E-state index contributed by atoms with van der Waals surface area (Å²) in [7, 11) is 0. The van der Waals surface area contributed by atoms with Crippen molar-refractivity contribution in [3.63, 3.8) is 0 Å². The lowest BCUT2D eigenvalue weighted by Crippen LogP contribution is -2.34. The van der Waals surface area contributed by atoms with Crippen LogP contribution in [0.2, 0.25) is 0 Å². The van der Waals surface area contributed by atoms with Crippen molar-refractivity contribution in [3.8, 4) is 0 Å². The molecule has 0 heteroatoms. The molecule has 1 unspecified atom stereocenters. The number of rotatable bonds is 0. The summed E-state index contributed by atoms with van der Waals surface area (Å²) >= 11 is 0. The molecule has 0 spiro atoms. The first-order chi connectivity index (χ1) is 8.43. The molecule has 1 aromatic rings. The van der Waals surface area contributed by atoms with Gasteiger partial charge >= 0.3 is 0 Å². The molecular formula is C17H14. The van der Waals surface area contributed by atoms with E-state index >= 15 is 0 Å². The van der Waals surface area contributed by atoms with Crippen molar-refractivity contribution < 1.29 is 0 Å². The normalized spacial score (nSPS) is 23.1. The van der Waals surface area contributed by atoms with Crippen LogP contribution in [0.15, 0.2) is 48.6 Å². The molecule has 0 saturated carbocycles. The zero-order valence-corrected chi connectivity index (χ0v) is 9.69. The minimum Gasteiger partial charge on any atom is -0.0832 e. The Morgan fingerprint density at radius 3 is 3.00 bits per heavy atom. The van der Waals surface area contributed by atoms with E-state index < -0.39 is 0 Å². The van der Waals surface area contributed by atoms with Gasteiger partial charge in [-0.05, 0) is 40.0 Å². The van der Waals surface area contributed by atoms with Crippen LogP contribution in [-0.4, -0.2) is 0 Å². The summed E-state index contributed by atoms with van der Waals surface area (Å²) in [6.45, 7) is 0. The number of hydrogen-bond donors (Lipinski definition) is 0. The van der Waals surface area contributed by atoms with Crippen LogP contribution in [-0.2, 0) is 6.42 Å². The summed E-state index contributed by atoms with van der Waals surface area (Å²) in [5, 5.41) is 2.89. The second-order valence-electron chi connectivity index (χ2n) is 4.92. The van der Waals surface area contributed by atoms with Crippen LogP contribution < -0.4 is 10.4 Å². The van der Waals surface area contributed by atoms with E-state index in [1.807, 2.05) is 0 Å². The van der Waals surface area contributed by atoms with Gasteiger partial charge in [0.25, 0.3) is 0 Å². The van der Waals surface area contributed by atoms with Gasteiger partial charge in [-0.3, -0.25) is 0 Å². The van der Waals surface area contributed by atoms with E-state index in [-0.39, 0.29) is 0 Å². The Morgan fingerprint density at radius 2 is 2.00 bits per heavy atom. The average Bonchev–Trinajstić information content (AvgIpc) is 2.59. The lowest BCUT2D eigenvalue weighted by molar-refractivity contribution is 0.962. The highest BCUT2D eigenvalue weighted by Gasteiger charge is 2.19. The van der Waals surface area contributed by atoms with Gasteiger partial charge in [0.05, 0.1) is 0 Å². The predicted octanol–water partition coefficient (Wildman–Crippen LogP) is 2.34. The molecule has 0 nitrogen and oxygen atoms in total. The first kappa shape index (κ1) is 9.23. The molecule has 0 N–H and O–H groups in total. The smallest absolute Gasteiger partial charge is 0.0211 e. The van der Waals surface area contributed by atoms with Crippen LogP contribution in [0.4, 0.5) is 0 Å². The molecule has 0 heterocycles. The van der Waals surface area contributed by atoms with Crippen molar-refractivity contribution in [2.24, 2.45) is 0 Å². The largest absolute Gasteiger partial charge is 0.0832 e. The van der Waals surface area contributed by atoms with Crippen molar-refractivity contribution in [1.82, 2.24) is 0 Å². The van der Waals surface area contributed by atoms with Gasteiger partial charge < -0.3 is 0 Å². The van der Waals surface area contributed by atoms with Crippen LogP contribution in [0, 0.1) is 0 Å². The molecule has 1 atom stereocenters. The third-order valence-corrected chi connectivity index (χ3v) is 3.93. The summed E-state index contributed by atoms with van der Waals surface area (Å²) in [6.07, 6.45) is 18.2. The minimum atomic E-state index is 0.498. The minimum absolute atomic E-state index is 0.498. The molecule has 0 aromatic heterocycles. The molecule has 17 heavy (non-hydrogen) atoms. The summed E-state index contributed by atoms with van der Waals surface area (Å²) in [5.41, 5.74) is 4.43. The zero-order chi connectivity index (χ0) is 11.2. The zero-order valence-electron chi connectivity index (χ0n) is 9.69. The molecule has 82 valence electrons. The first-order valence-corrected chi connectivity index (χ1v) is 6.31. The Kier molecular flexibility index (Phi) is 1.81. The summed E-state index contributed by atoms with van der Waals surface area (Å²) in [4.78, 5) is 0. The Hall–Kier alpha value is -1.82. The number of hydrogen-bond acceptors (Lipinski definition) is 0. The van der Waals surface area contributed by atoms with Gasteiger partial charge in [-0.1, -0.05) is 54.7 Å². The van der Waals surface area contributed by atoms with Crippen molar-refractivity contribution in [2.45, 2.75) is 18.8 Å². The van der Waals surface area contributed by atoms with E-state index in [1.165, 1.54) is 21.6 Å². The van der Waals surface area contributed by atoms with Gasteiger partial charge in [-0.25, -0.2) is 0 Å². The van der Waals surface area contributed by atoms with Crippen molar-refractivity contribution in [3.05, 3.63) is 70.2 Å². The fourth-order valence-electron chi connectivity index (χ4n) is 3.15. The highest BCUT2D eigenvalue weighted by atomic mass is 14.2. The maximum Gasteiger partial charge on any atom is 0.0211 e. The molecule has 4 rings (SSSR count). The van der Waals surface area contributed by atoms with Crippen LogP contribution in [0.1, 0.15) is 23.5 Å². The molecular weight excluding hydrogens is 204 g/mol. The quantitative estimate of drug-likeness (QED) is 0.586. The Labute approximate surface area is 101 Å². The van der Waals surface area contributed by atoms with Crippen molar-refractivity contribution in [2.75, 3.05) is 0 Å². The predicted molar refractivity (Wildman–Crippen MR) is 72.0 cm³/mol. The van der Waals surface area contributed by atoms with E-state index in [1.54, 1.807) is 5.56 Å². The SMILES string of the molecule is C1=CC2=c3c4c(ccc3=CC1)CC=CC4C=C2. The first-order valence-electron chi connectivity index (χ1n) is 6.31. The lowest BCUT2D eigenvalue weighted by Gasteiger charge is -2.23. The van der Waals surface area contributed by atoms with E-state index in [2.05, 4.69) is 54.7 Å². The van der Waals surface area contributed by atoms with Gasteiger partial charge in [0.15, 0.2) is 0 Å². The lowest BCUT2D eigenvalue weighted by atomic mass is 9.81. The standard InChI is InChI=1S/C17H14/c1-2-5-13-9-11-15-7-3-6-14-10-8-12(4-1)16(13)17(14)15/h1,3-6,8-11,14H,2,7H2. The van der Waals surface area contributed by atoms with Crippen LogP contribution in [0.3, 0.4) is 0 Å². The molecule has 0 bridgehead atoms. The highest BCUT2D eigenvalue weighted by molar-refractivity contribution is 5.73. The monoisotopic (exact) mass is 218 g/mol. The van der Waals surface area contributed by atoms with E-state index in [0.717, 1.165) is 12.8 Å². The average molecular weight is 218 g/mol. The number of allylic oxidation sites excluding steroid dienone is 6. The third-order valence-electron chi connectivity index (χ3n) is 3.93. The molecule has 3 aliphatic carbocycles. The molecule has 3 aliphatic rings. The van der Waals surface area contributed by atoms with E-state index in [9.17, 15) is 0 Å². The molecule has 0 saturated heterocycles. The van der Waals surface area contributed by atoms with Crippen LogP contribution >= 0.6 is 0 Å². The third kappa shape index (κ3) is 1.24. The second-order valence-corrected chi connectivity index (χ2v) is 4.92. The van der Waals surface area contributed by atoms with Gasteiger partial charge in [0, 0.05) is 5.92 Å². The second kappa shape index (κ2) is 3.33. The van der Waals surface area contributed by atoms with E-state index in [4.69, 9.17) is 0 Å². The van der Waals surface area contributed by atoms with Gasteiger partial charge in [-0.2, -0.15) is 0 Å². The molecule has 1 aromatic carbocycles. The van der Waals surface area contributed by atoms with Gasteiger partial charge in [-0.15, -0.1) is 0 Å².